The van der Waals surface area contributed by atoms with Gasteiger partial charge in [-0.2, -0.15) is 4.31 Å². The van der Waals surface area contributed by atoms with E-state index in [-0.39, 0.29) is 24.8 Å². The van der Waals surface area contributed by atoms with E-state index in [4.69, 9.17) is 10.5 Å². The zero-order valence-electron chi connectivity index (χ0n) is 14.6. The Morgan fingerprint density at radius 1 is 1.19 bits per heavy atom. The summed E-state index contributed by atoms with van der Waals surface area (Å²) in [6.45, 7) is 0.881. The summed E-state index contributed by atoms with van der Waals surface area (Å²) in [5.74, 6) is -0.375. The van der Waals surface area contributed by atoms with Gasteiger partial charge in [0, 0.05) is 19.0 Å². The molecule has 0 aromatic heterocycles. The highest BCUT2D eigenvalue weighted by Gasteiger charge is 2.34. The van der Waals surface area contributed by atoms with Crippen molar-refractivity contribution in [3.8, 4) is 5.75 Å². The number of nitrogens with two attached hydrogens (primary N) is 1. The van der Waals surface area contributed by atoms with Crippen molar-refractivity contribution in [1.29, 1.82) is 0 Å². The number of halogens is 1. The lowest BCUT2D eigenvalue weighted by molar-refractivity contribution is 0.113. The van der Waals surface area contributed by atoms with E-state index >= 15 is 0 Å². The van der Waals surface area contributed by atoms with Gasteiger partial charge in [0.25, 0.3) is 0 Å². The van der Waals surface area contributed by atoms with Crippen LogP contribution in [-0.2, 0) is 16.6 Å². The Bertz CT molecular complexity index is 858. The molecule has 1 heterocycles. The molecule has 2 N–H and O–H groups in total. The largest absolute Gasteiger partial charge is 0.486 e. The summed E-state index contributed by atoms with van der Waals surface area (Å²) in [6, 6.07) is 14.2. The topological polar surface area (TPSA) is 72.6 Å². The van der Waals surface area contributed by atoms with Crippen LogP contribution in [0.5, 0.6) is 5.75 Å². The minimum atomic E-state index is -3.38. The molecule has 0 amide bonds. The molecule has 2 unspecified atom stereocenters. The predicted octanol–water partition coefficient (Wildman–Crippen LogP) is 2.48. The van der Waals surface area contributed by atoms with Gasteiger partial charge in [0.05, 0.1) is 12.8 Å². The summed E-state index contributed by atoms with van der Waals surface area (Å²) in [7, 11) is -3.38. The van der Waals surface area contributed by atoms with Gasteiger partial charge in [-0.1, -0.05) is 36.4 Å². The second-order valence-corrected chi connectivity index (χ2v) is 8.61. The fourth-order valence-corrected chi connectivity index (χ4v) is 4.17. The van der Waals surface area contributed by atoms with Crippen molar-refractivity contribution >= 4 is 10.0 Å². The lowest BCUT2D eigenvalue weighted by Crippen LogP contribution is -2.47. The van der Waals surface area contributed by atoms with Crippen molar-refractivity contribution in [2.45, 2.75) is 25.0 Å². The maximum atomic E-state index is 14.1. The molecule has 0 radical (unpaired) electrons. The predicted molar refractivity (Wildman–Crippen MR) is 98.9 cm³/mol. The van der Waals surface area contributed by atoms with Crippen LogP contribution in [0, 0.1) is 5.82 Å². The monoisotopic (exact) mass is 378 g/mol. The fourth-order valence-electron chi connectivity index (χ4n) is 3.28. The van der Waals surface area contributed by atoms with E-state index in [2.05, 4.69) is 0 Å². The first-order chi connectivity index (χ1) is 12.4. The van der Waals surface area contributed by atoms with Gasteiger partial charge in [-0.05, 0) is 29.7 Å². The molecule has 140 valence electrons. The molecule has 1 saturated heterocycles. The molecule has 26 heavy (non-hydrogen) atoms. The maximum Gasteiger partial charge on any atom is 0.211 e. The van der Waals surface area contributed by atoms with E-state index in [0.717, 1.165) is 11.1 Å². The number of hydrogen-bond acceptors (Lipinski definition) is 4. The van der Waals surface area contributed by atoms with Gasteiger partial charge < -0.3 is 10.5 Å². The maximum absolute atomic E-state index is 14.1. The van der Waals surface area contributed by atoms with E-state index in [9.17, 15) is 12.8 Å². The summed E-state index contributed by atoms with van der Waals surface area (Å²) >= 11 is 0. The molecule has 1 fully saturated rings. The molecular weight excluding hydrogens is 355 g/mol. The summed E-state index contributed by atoms with van der Waals surface area (Å²) in [5, 5.41) is 0. The molecule has 1 aliphatic rings. The zero-order valence-corrected chi connectivity index (χ0v) is 15.5. The molecule has 0 bridgehead atoms. The van der Waals surface area contributed by atoms with Gasteiger partial charge in [0.2, 0.25) is 10.0 Å². The van der Waals surface area contributed by atoms with E-state index < -0.39 is 21.9 Å². The van der Waals surface area contributed by atoms with Crippen molar-refractivity contribution in [3.63, 3.8) is 0 Å². The number of rotatable bonds is 5. The number of nitrogens with zero attached hydrogens (tertiary/aromatic N) is 1. The van der Waals surface area contributed by atoms with Gasteiger partial charge >= 0.3 is 0 Å². The molecule has 2 atom stereocenters. The van der Waals surface area contributed by atoms with Crippen LogP contribution < -0.4 is 10.5 Å². The molecule has 0 spiro atoms. The van der Waals surface area contributed by atoms with Gasteiger partial charge in [-0.3, -0.25) is 0 Å². The summed E-state index contributed by atoms with van der Waals surface area (Å²) < 4.78 is 45.6. The second kappa shape index (κ2) is 7.73. The van der Waals surface area contributed by atoms with Crippen LogP contribution in [0.3, 0.4) is 0 Å². The quantitative estimate of drug-likeness (QED) is 0.868. The standard InChI is InChI=1S/C19H23FN2O3S/c1-26(23,24)22-12-16(15-5-3-2-4-6-15)10-17(13-22)25-19-9-14(11-21)7-8-18(19)20/h2-9,16-17H,10-13,21H2,1H3. The first-order valence-corrected chi connectivity index (χ1v) is 10.4. The first-order valence-electron chi connectivity index (χ1n) is 8.52. The summed E-state index contributed by atoms with van der Waals surface area (Å²) in [4.78, 5) is 0. The van der Waals surface area contributed by atoms with E-state index in [1.807, 2.05) is 30.3 Å². The first kappa shape index (κ1) is 18.8. The number of sulfonamides is 1. The highest BCUT2D eigenvalue weighted by Crippen LogP contribution is 2.31. The Hall–Kier alpha value is -1.96. The van der Waals surface area contributed by atoms with E-state index in [1.54, 1.807) is 12.1 Å². The average molecular weight is 378 g/mol. The fraction of sp³-hybridized carbons (Fsp3) is 0.368. The third-order valence-electron chi connectivity index (χ3n) is 4.64. The van der Waals surface area contributed by atoms with Crippen molar-refractivity contribution in [3.05, 3.63) is 65.5 Å². The van der Waals surface area contributed by atoms with Crippen LogP contribution in [0.4, 0.5) is 4.39 Å². The number of benzene rings is 2. The minimum Gasteiger partial charge on any atom is -0.486 e. The van der Waals surface area contributed by atoms with Gasteiger partial charge in [-0.25, -0.2) is 12.8 Å². The van der Waals surface area contributed by atoms with Gasteiger partial charge in [-0.15, -0.1) is 0 Å². The smallest absolute Gasteiger partial charge is 0.211 e. The molecule has 3 rings (SSSR count). The second-order valence-electron chi connectivity index (χ2n) is 6.63. The molecule has 1 aliphatic heterocycles. The lowest BCUT2D eigenvalue weighted by Gasteiger charge is -2.36. The van der Waals surface area contributed by atoms with Crippen molar-refractivity contribution in [2.75, 3.05) is 19.3 Å². The number of ether oxygens (including phenoxy) is 1. The molecule has 2 aromatic rings. The van der Waals surface area contributed by atoms with Crippen LogP contribution in [0.25, 0.3) is 0 Å². The van der Waals surface area contributed by atoms with Gasteiger partial charge in [0.1, 0.15) is 6.10 Å². The third-order valence-corrected chi connectivity index (χ3v) is 5.88. The summed E-state index contributed by atoms with van der Waals surface area (Å²) in [6.07, 6.45) is 1.36. The Morgan fingerprint density at radius 2 is 1.92 bits per heavy atom. The van der Waals surface area contributed by atoms with E-state index in [1.165, 1.54) is 16.6 Å². The molecule has 5 nitrogen and oxygen atoms in total. The Morgan fingerprint density at radius 3 is 2.58 bits per heavy atom. The van der Waals surface area contributed by atoms with Crippen molar-refractivity contribution in [1.82, 2.24) is 4.31 Å². The normalized spacial score (nSPS) is 21.5. The van der Waals surface area contributed by atoms with Gasteiger partial charge in [0.15, 0.2) is 11.6 Å². The zero-order chi connectivity index (χ0) is 18.7. The third kappa shape index (κ3) is 4.41. The number of hydrogen-bond donors (Lipinski definition) is 1. The van der Waals surface area contributed by atoms with E-state index in [0.29, 0.717) is 13.0 Å². The Balaban J connectivity index is 1.86. The van der Waals surface area contributed by atoms with Crippen LogP contribution in [0.15, 0.2) is 48.5 Å². The Labute approximate surface area is 153 Å². The molecule has 0 aliphatic carbocycles. The molecule has 0 saturated carbocycles. The molecule has 2 aromatic carbocycles. The van der Waals surface area contributed by atoms with Crippen LogP contribution >= 0.6 is 0 Å². The summed E-state index contributed by atoms with van der Waals surface area (Å²) in [5.41, 5.74) is 7.42. The highest BCUT2D eigenvalue weighted by atomic mass is 32.2. The SMILES string of the molecule is CS(=O)(=O)N1CC(Oc2cc(CN)ccc2F)CC(c2ccccc2)C1. The minimum absolute atomic E-state index is 0.00886. The number of piperidine rings is 1. The molecule has 7 heteroatoms. The lowest BCUT2D eigenvalue weighted by atomic mass is 9.90. The van der Waals surface area contributed by atoms with Crippen LogP contribution in [0.1, 0.15) is 23.5 Å². The Kier molecular flexibility index (Phi) is 5.60. The van der Waals surface area contributed by atoms with Crippen LogP contribution in [-0.4, -0.2) is 38.2 Å². The highest BCUT2D eigenvalue weighted by molar-refractivity contribution is 7.88. The van der Waals surface area contributed by atoms with Crippen LogP contribution in [0.2, 0.25) is 0 Å². The van der Waals surface area contributed by atoms with Crippen molar-refractivity contribution in [2.24, 2.45) is 5.73 Å². The van der Waals surface area contributed by atoms with Crippen molar-refractivity contribution < 1.29 is 17.5 Å². The molecular formula is C19H23FN2O3S. The average Bonchev–Trinajstić information content (AvgIpc) is 2.63.